The van der Waals surface area contributed by atoms with Crippen LogP contribution in [0, 0.1) is 0 Å². The first kappa shape index (κ1) is 19.5. The molecule has 2 aromatic rings. The van der Waals surface area contributed by atoms with Gasteiger partial charge >= 0.3 is 5.97 Å². The van der Waals surface area contributed by atoms with Crippen molar-refractivity contribution in [1.29, 1.82) is 0 Å². The summed E-state index contributed by atoms with van der Waals surface area (Å²) in [6.45, 7) is 2.90. The molecule has 1 aliphatic heterocycles. The number of methoxy groups -OCH3 is 1. The molecule has 0 spiro atoms. The second-order valence-corrected chi connectivity index (χ2v) is 6.53. The molecule has 146 valence electrons. The van der Waals surface area contributed by atoms with Gasteiger partial charge < -0.3 is 19.9 Å². The molecule has 1 aliphatic rings. The largest absolute Gasteiger partial charge is 0.465 e. The number of carbonyl (C=O) groups is 3. The van der Waals surface area contributed by atoms with Crippen molar-refractivity contribution in [1.82, 2.24) is 14.8 Å². The van der Waals surface area contributed by atoms with Crippen LogP contribution in [0.25, 0.3) is 0 Å². The molecule has 0 aliphatic carbocycles. The van der Waals surface area contributed by atoms with Crippen LogP contribution < -0.4 is 5.32 Å². The maximum atomic E-state index is 12.6. The van der Waals surface area contributed by atoms with Crippen LogP contribution in [0.2, 0.25) is 0 Å². The predicted octanol–water partition coefficient (Wildman–Crippen LogP) is 1.51. The third-order valence-corrected chi connectivity index (χ3v) is 4.56. The lowest BCUT2D eigenvalue weighted by molar-refractivity contribution is 0.0599. The van der Waals surface area contributed by atoms with Crippen molar-refractivity contribution >= 4 is 23.5 Å². The van der Waals surface area contributed by atoms with Gasteiger partial charge in [-0.1, -0.05) is 6.07 Å². The van der Waals surface area contributed by atoms with Crippen molar-refractivity contribution in [3.8, 4) is 0 Å². The number of piperazine rings is 1. The maximum Gasteiger partial charge on any atom is 0.337 e. The van der Waals surface area contributed by atoms with Gasteiger partial charge in [-0.15, -0.1) is 0 Å². The number of nitrogens with one attached hydrogen (secondary N) is 1. The van der Waals surface area contributed by atoms with Gasteiger partial charge in [0.05, 0.1) is 12.7 Å². The van der Waals surface area contributed by atoms with Crippen LogP contribution >= 0.6 is 0 Å². The van der Waals surface area contributed by atoms with Gasteiger partial charge in [0.2, 0.25) is 0 Å². The Morgan fingerprint density at radius 1 is 0.964 bits per heavy atom. The summed E-state index contributed by atoms with van der Waals surface area (Å²) >= 11 is 0. The number of anilines is 1. The number of ether oxygens (including phenoxy) is 1. The van der Waals surface area contributed by atoms with E-state index in [0.717, 1.165) is 13.1 Å². The summed E-state index contributed by atoms with van der Waals surface area (Å²) in [7, 11) is 3.32. The number of carbonyl (C=O) groups excluding carboxylic acids is 3. The fraction of sp³-hybridized carbons (Fsp3) is 0.300. The fourth-order valence-corrected chi connectivity index (χ4v) is 2.85. The molecule has 8 nitrogen and oxygen atoms in total. The second-order valence-electron chi connectivity index (χ2n) is 6.53. The Kier molecular flexibility index (Phi) is 6.00. The molecule has 1 aromatic heterocycles. The van der Waals surface area contributed by atoms with Crippen molar-refractivity contribution in [3.63, 3.8) is 0 Å². The zero-order valence-electron chi connectivity index (χ0n) is 15.8. The minimum atomic E-state index is -0.449. The molecule has 1 aromatic carbocycles. The second kappa shape index (κ2) is 8.62. The van der Waals surface area contributed by atoms with Crippen LogP contribution in [-0.4, -0.2) is 72.9 Å². The third-order valence-electron chi connectivity index (χ3n) is 4.56. The quantitative estimate of drug-likeness (QED) is 0.806. The average Bonchev–Trinajstić information content (AvgIpc) is 2.74. The first-order valence-corrected chi connectivity index (χ1v) is 8.92. The highest BCUT2D eigenvalue weighted by molar-refractivity contribution is 6.04. The molecule has 1 fully saturated rings. The van der Waals surface area contributed by atoms with Crippen LogP contribution in [0.5, 0.6) is 0 Å². The van der Waals surface area contributed by atoms with E-state index in [4.69, 9.17) is 0 Å². The molecular weight excluding hydrogens is 360 g/mol. The van der Waals surface area contributed by atoms with E-state index < -0.39 is 11.9 Å². The Labute approximate surface area is 163 Å². The van der Waals surface area contributed by atoms with Crippen LogP contribution in [-0.2, 0) is 4.74 Å². The number of hydrogen-bond donors (Lipinski definition) is 1. The molecule has 3 rings (SSSR count). The monoisotopic (exact) mass is 382 g/mol. The molecule has 8 heteroatoms. The third kappa shape index (κ3) is 4.52. The minimum Gasteiger partial charge on any atom is -0.465 e. The number of amides is 2. The summed E-state index contributed by atoms with van der Waals surface area (Å²) in [4.78, 5) is 44.7. The summed E-state index contributed by atoms with van der Waals surface area (Å²) in [6.07, 6.45) is 0. The molecule has 2 heterocycles. The molecule has 0 bridgehead atoms. The first-order valence-electron chi connectivity index (χ1n) is 8.92. The van der Waals surface area contributed by atoms with E-state index >= 15 is 0 Å². The van der Waals surface area contributed by atoms with Crippen LogP contribution in [0.3, 0.4) is 0 Å². The van der Waals surface area contributed by atoms with Crippen LogP contribution in [0.4, 0.5) is 5.69 Å². The first-order chi connectivity index (χ1) is 13.5. The van der Waals surface area contributed by atoms with Crippen molar-refractivity contribution in [3.05, 3.63) is 59.4 Å². The Hall–Kier alpha value is -3.26. The van der Waals surface area contributed by atoms with Gasteiger partial charge in [0, 0.05) is 31.9 Å². The number of hydrogen-bond acceptors (Lipinski definition) is 6. The summed E-state index contributed by atoms with van der Waals surface area (Å²) in [5.41, 5.74) is 1.30. The minimum absolute atomic E-state index is 0.150. The molecule has 2 amide bonds. The Balaban J connectivity index is 1.68. The van der Waals surface area contributed by atoms with E-state index in [0.29, 0.717) is 24.3 Å². The van der Waals surface area contributed by atoms with Crippen molar-refractivity contribution in [2.75, 3.05) is 45.7 Å². The van der Waals surface area contributed by atoms with Gasteiger partial charge in [0.1, 0.15) is 11.4 Å². The van der Waals surface area contributed by atoms with Crippen LogP contribution in [0.1, 0.15) is 31.3 Å². The lowest BCUT2D eigenvalue weighted by Gasteiger charge is -2.32. The molecule has 0 saturated carbocycles. The van der Waals surface area contributed by atoms with E-state index in [1.54, 1.807) is 47.4 Å². The normalized spacial score (nSPS) is 14.4. The smallest absolute Gasteiger partial charge is 0.337 e. The van der Waals surface area contributed by atoms with E-state index in [-0.39, 0.29) is 17.3 Å². The average molecular weight is 382 g/mol. The molecule has 1 saturated heterocycles. The van der Waals surface area contributed by atoms with E-state index in [9.17, 15) is 14.4 Å². The SMILES string of the molecule is COC(=O)c1ccc(NC(=O)c2cccc(C(=O)N3CCN(C)CC3)n2)cc1. The number of benzene rings is 1. The Bertz CT molecular complexity index is 874. The molecule has 0 radical (unpaired) electrons. The Morgan fingerprint density at radius 2 is 1.61 bits per heavy atom. The lowest BCUT2D eigenvalue weighted by Crippen LogP contribution is -2.47. The highest BCUT2D eigenvalue weighted by atomic mass is 16.5. The highest BCUT2D eigenvalue weighted by Crippen LogP contribution is 2.13. The Morgan fingerprint density at radius 3 is 2.25 bits per heavy atom. The van der Waals surface area contributed by atoms with Gasteiger partial charge in [-0.05, 0) is 43.4 Å². The maximum absolute atomic E-state index is 12.6. The van der Waals surface area contributed by atoms with E-state index in [1.807, 2.05) is 7.05 Å². The van der Waals surface area contributed by atoms with Crippen molar-refractivity contribution in [2.45, 2.75) is 0 Å². The molecular formula is C20H22N4O4. The topological polar surface area (TPSA) is 91.8 Å². The van der Waals surface area contributed by atoms with Gasteiger partial charge in [-0.25, -0.2) is 9.78 Å². The molecule has 1 N–H and O–H groups in total. The van der Waals surface area contributed by atoms with E-state index in [2.05, 4.69) is 19.9 Å². The predicted molar refractivity (Wildman–Crippen MR) is 103 cm³/mol. The summed E-state index contributed by atoms with van der Waals surface area (Å²) in [5, 5.41) is 2.71. The summed E-state index contributed by atoms with van der Waals surface area (Å²) < 4.78 is 4.64. The summed E-state index contributed by atoms with van der Waals surface area (Å²) in [6, 6.07) is 11.1. The van der Waals surface area contributed by atoms with Gasteiger partial charge in [0.15, 0.2) is 0 Å². The van der Waals surface area contributed by atoms with Gasteiger partial charge in [-0.3, -0.25) is 9.59 Å². The fourth-order valence-electron chi connectivity index (χ4n) is 2.85. The van der Waals surface area contributed by atoms with E-state index in [1.165, 1.54) is 7.11 Å². The molecule has 28 heavy (non-hydrogen) atoms. The number of nitrogens with zero attached hydrogens (tertiary/aromatic N) is 3. The number of likely N-dealkylation sites (N-methyl/N-ethyl adjacent to an activating group) is 1. The van der Waals surface area contributed by atoms with Crippen molar-refractivity contribution < 1.29 is 19.1 Å². The zero-order valence-corrected chi connectivity index (χ0v) is 15.8. The standard InChI is InChI=1S/C20H22N4O4/c1-23-10-12-24(13-11-23)19(26)17-5-3-4-16(22-17)18(25)21-15-8-6-14(7-9-15)20(27)28-2/h3-9H,10-13H2,1-2H3,(H,21,25). The van der Waals surface area contributed by atoms with Crippen molar-refractivity contribution in [2.24, 2.45) is 0 Å². The highest BCUT2D eigenvalue weighted by Gasteiger charge is 2.22. The molecule has 0 unspecified atom stereocenters. The van der Waals surface area contributed by atoms with Gasteiger partial charge in [-0.2, -0.15) is 0 Å². The number of esters is 1. The molecule has 0 atom stereocenters. The number of rotatable bonds is 4. The van der Waals surface area contributed by atoms with Crippen LogP contribution in [0.15, 0.2) is 42.5 Å². The number of aromatic nitrogens is 1. The lowest BCUT2D eigenvalue weighted by atomic mass is 10.2. The summed E-state index contributed by atoms with van der Waals surface area (Å²) in [5.74, 6) is -1.06. The number of pyridine rings is 1. The zero-order chi connectivity index (χ0) is 20.1. The van der Waals surface area contributed by atoms with Gasteiger partial charge in [0.25, 0.3) is 11.8 Å².